The zero-order valence-corrected chi connectivity index (χ0v) is 11.7. The molecule has 2 rings (SSSR count). The summed E-state index contributed by atoms with van der Waals surface area (Å²) in [6.45, 7) is 3.97. The van der Waals surface area contributed by atoms with Crippen LogP contribution in [0.3, 0.4) is 0 Å². The number of aryl methyl sites for hydroxylation is 2. The van der Waals surface area contributed by atoms with Crippen LogP contribution in [-0.4, -0.2) is 5.78 Å². The highest BCUT2D eigenvalue weighted by atomic mass is 35.5. The SMILES string of the molecule is Cc1ccc(C(=O)C=Cc2cccc(Cl)c2)c(C)c1. The van der Waals surface area contributed by atoms with Gasteiger partial charge in [0.25, 0.3) is 0 Å². The van der Waals surface area contributed by atoms with E-state index in [0.29, 0.717) is 5.02 Å². The van der Waals surface area contributed by atoms with Crippen LogP contribution in [0.2, 0.25) is 5.02 Å². The van der Waals surface area contributed by atoms with Crippen molar-refractivity contribution < 1.29 is 4.79 Å². The molecular weight excluding hydrogens is 256 g/mol. The highest BCUT2D eigenvalue weighted by Gasteiger charge is 2.05. The zero-order chi connectivity index (χ0) is 13.8. The van der Waals surface area contributed by atoms with E-state index in [9.17, 15) is 4.79 Å². The van der Waals surface area contributed by atoms with E-state index in [1.807, 2.05) is 56.3 Å². The lowest BCUT2D eigenvalue weighted by atomic mass is 10.0. The molecule has 0 atom stereocenters. The molecule has 0 bridgehead atoms. The first-order valence-corrected chi connectivity index (χ1v) is 6.49. The quantitative estimate of drug-likeness (QED) is 0.575. The third-order valence-corrected chi connectivity index (χ3v) is 3.16. The molecule has 0 aliphatic rings. The number of benzene rings is 2. The van der Waals surface area contributed by atoms with E-state index < -0.39 is 0 Å². The standard InChI is InChI=1S/C17H15ClO/c1-12-6-8-16(13(2)10-12)17(19)9-7-14-4-3-5-15(18)11-14/h3-11H,1-2H3. The molecular formula is C17H15ClO. The minimum Gasteiger partial charge on any atom is -0.289 e. The van der Waals surface area contributed by atoms with Crippen molar-refractivity contribution >= 4 is 23.5 Å². The molecule has 0 heterocycles. The molecule has 0 saturated heterocycles. The van der Waals surface area contributed by atoms with Crippen molar-refractivity contribution in [1.82, 2.24) is 0 Å². The highest BCUT2D eigenvalue weighted by Crippen LogP contribution is 2.14. The molecule has 2 aromatic carbocycles. The van der Waals surface area contributed by atoms with Crippen molar-refractivity contribution in [1.29, 1.82) is 0 Å². The van der Waals surface area contributed by atoms with Gasteiger partial charge in [-0.05, 0) is 43.2 Å². The van der Waals surface area contributed by atoms with E-state index >= 15 is 0 Å². The van der Waals surface area contributed by atoms with E-state index in [2.05, 4.69) is 0 Å². The van der Waals surface area contributed by atoms with Crippen LogP contribution >= 0.6 is 11.6 Å². The lowest BCUT2D eigenvalue weighted by Gasteiger charge is -2.03. The summed E-state index contributed by atoms with van der Waals surface area (Å²) in [6, 6.07) is 13.3. The Labute approximate surface area is 118 Å². The fourth-order valence-electron chi connectivity index (χ4n) is 1.96. The third-order valence-electron chi connectivity index (χ3n) is 2.92. The van der Waals surface area contributed by atoms with Gasteiger partial charge in [-0.1, -0.05) is 53.6 Å². The lowest BCUT2D eigenvalue weighted by Crippen LogP contribution is -1.97. The van der Waals surface area contributed by atoms with Gasteiger partial charge in [-0.15, -0.1) is 0 Å². The molecule has 19 heavy (non-hydrogen) atoms. The molecule has 0 fully saturated rings. The van der Waals surface area contributed by atoms with Gasteiger partial charge in [0.05, 0.1) is 0 Å². The van der Waals surface area contributed by atoms with E-state index in [1.165, 1.54) is 0 Å². The molecule has 0 aliphatic carbocycles. The molecule has 0 radical (unpaired) electrons. The van der Waals surface area contributed by atoms with E-state index in [1.54, 1.807) is 12.2 Å². The summed E-state index contributed by atoms with van der Waals surface area (Å²) in [4.78, 5) is 12.1. The van der Waals surface area contributed by atoms with E-state index in [0.717, 1.165) is 22.3 Å². The second-order valence-electron chi connectivity index (χ2n) is 4.57. The van der Waals surface area contributed by atoms with Gasteiger partial charge in [-0.3, -0.25) is 4.79 Å². The smallest absolute Gasteiger partial charge is 0.186 e. The summed E-state index contributed by atoms with van der Waals surface area (Å²) in [5.41, 5.74) is 3.82. The second kappa shape index (κ2) is 5.85. The maximum atomic E-state index is 12.1. The Bertz CT molecular complexity index is 641. The first-order valence-electron chi connectivity index (χ1n) is 6.11. The van der Waals surface area contributed by atoms with Crippen LogP contribution in [0, 0.1) is 13.8 Å². The van der Waals surface area contributed by atoms with Gasteiger partial charge in [0.15, 0.2) is 5.78 Å². The Morgan fingerprint density at radius 3 is 2.58 bits per heavy atom. The first-order chi connectivity index (χ1) is 9.06. The minimum atomic E-state index is 0.0116. The van der Waals surface area contributed by atoms with Crippen LogP contribution in [0.5, 0.6) is 0 Å². The van der Waals surface area contributed by atoms with Crippen LogP contribution in [0.1, 0.15) is 27.0 Å². The maximum Gasteiger partial charge on any atom is 0.186 e. The number of allylic oxidation sites excluding steroid dienone is 1. The topological polar surface area (TPSA) is 17.1 Å². The highest BCUT2D eigenvalue weighted by molar-refractivity contribution is 6.30. The summed E-state index contributed by atoms with van der Waals surface area (Å²) in [6.07, 6.45) is 3.37. The number of rotatable bonds is 3. The molecule has 1 nitrogen and oxygen atoms in total. The normalized spacial score (nSPS) is 10.9. The number of hydrogen-bond donors (Lipinski definition) is 0. The summed E-state index contributed by atoms with van der Waals surface area (Å²) in [7, 11) is 0. The van der Waals surface area contributed by atoms with Gasteiger partial charge < -0.3 is 0 Å². The minimum absolute atomic E-state index is 0.0116. The largest absolute Gasteiger partial charge is 0.289 e. The lowest BCUT2D eigenvalue weighted by molar-refractivity contribution is 0.104. The number of carbonyl (C=O) groups excluding carboxylic acids is 1. The van der Waals surface area contributed by atoms with Crippen molar-refractivity contribution in [3.05, 3.63) is 75.8 Å². The summed E-state index contributed by atoms with van der Waals surface area (Å²) >= 11 is 5.90. The summed E-state index contributed by atoms with van der Waals surface area (Å²) in [5.74, 6) is 0.0116. The number of carbonyl (C=O) groups is 1. The van der Waals surface area contributed by atoms with Crippen molar-refractivity contribution in [2.45, 2.75) is 13.8 Å². The average Bonchev–Trinajstić information content (AvgIpc) is 2.36. The summed E-state index contributed by atoms with van der Waals surface area (Å²) in [5, 5.41) is 0.668. The maximum absolute atomic E-state index is 12.1. The monoisotopic (exact) mass is 270 g/mol. The molecule has 0 amide bonds. The van der Waals surface area contributed by atoms with Gasteiger partial charge in [-0.25, -0.2) is 0 Å². The van der Waals surface area contributed by atoms with Crippen LogP contribution in [0.25, 0.3) is 6.08 Å². The zero-order valence-electron chi connectivity index (χ0n) is 11.0. The number of halogens is 1. The fraction of sp³-hybridized carbons (Fsp3) is 0.118. The van der Waals surface area contributed by atoms with E-state index in [4.69, 9.17) is 11.6 Å². The van der Waals surface area contributed by atoms with Gasteiger partial charge in [0.2, 0.25) is 0 Å². The number of ketones is 1. The molecule has 0 spiro atoms. The molecule has 2 heteroatoms. The Balaban J connectivity index is 2.21. The van der Waals surface area contributed by atoms with Crippen LogP contribution in [-0.2, 0) is 0 Å². The molecule has 0 unspecified atom stereocenters. The Morgan fingerprint density at radius 2 is 1.89 bits per heavy atom. The van der Waals surface area contributed by atoms with E-state index in [-0.39, 0.29) is 5.78 Å². The van der Waals surface area contributed by atoms with Gasteiger partial charge in [0, 0.05) is 10.6 Å². The third kappa shape index (κ3) is 3.55. The molecule has 0 N–H and O–H groups in total. The van der Waals surface area contributed by atoms with Gasteiger partial charge in [0.1, 0.15) is 0 Å². The Kier molecular flexibility index (Phi) is 4.18. The molecule has 96 valence electrons. The predicted molar refractivity (Wildman–Crippen MR) is 80.7 cm³/mol. The van der Waals surface area contributed by atoms with Crippen LogP contribution < -0.4 is 0 Å². The van der Waals surface area contributed by atoms with Crippen molar-refractivity contribution in [2.75, 3.05) is 0 Å². The predicted octanol–water partition coefficient (Wildman–Crippen LogP) is 4.85. The van der Waals surface area contributed by atoms with Crippen LogP contribution in [0.15, 0.2) is 48.5 Å². The van der Waals surface area contributed by atoms with Crippen molar-refractivity contribution in [3.63, 3.8) is 0 Å². The second-order valence-corrected chi connectivity index (χ2v) is 5.01. The molecule has 2 aromatic rings. The number of hydrogen-bond acceptors (Lipinski definition) is 1. The molecule has 0 saturated carbocycles. The Morgan fingerprint density at radius 1 is 1.11 bits per heavy atom. The first kappa shape index (κ1) is 13.6. The van der Waals surface area contributed by atoms with Gasteiger partial charge in [-0.2, -0.15) is 0 Å². The van der Waals surface area contributed by atoms with Crippen molar-refractivity contribution in [3.8, 4) is 0 Å². The van der Waals surface area contributed by atoms with Crippen LogP contribution in [0.4, 0.5) is 0 Å². The van der Waals surface area contributed by atoms with Crippen molar-refractivity contribution in [2.24, 2.45) is 0 Å². The molecule has 0 aromatic heterocycles. The van der Waals surface area contributed by atoms with Gasteiger partial charge >= 0.3 is 0 Å². The average molecular weight is 271 g/mol. The fourth-order valence-corrected chi connectivity index (χ4v) is 2.16. The molecule has 0 aliphatic heterocycles. The summed E-state index contributed by atoms with van der Waals surface area (Å²) < 4.78 is 0. The Hall–Kier alpha value is -1.86.